The SMILES string of the molecule is CS(=O)(=O)Oc1cc(C=O)cc(OCc2ccccc2)c1. The summed E-state index contributed by atoms with van der Waals surface area (Å²) in [7, 11) is -3.66. The van der Waals surface area contributed by atoms with E-state index in [2.05, 4.69) is 0 Å². The highest BCUT2D eigenvalue weighted by Crippen LogP contribution is 2.24. The van der Waals surface area contributed by atoms with Crippen molar-refractivity contribution in [2.75, 3.05) is 6.26 Å². The van der Waals surface area contributed by atoms with Gasteiger partial charge in [-0.2, -0.15) is 8.42 Å². The summed E-state index contributed by atoms with van der Waals surface area (Å²) in [5.41, 5.74) is 1.23. The summed E-state index contributed by atoms with van der Waals surface area (Å²) in [5, 5.41) is 0. The molecule has 0 saturated heterocycles. The topological polar surface area (TPSA) is 69.7 Å². The molecule has 0 aliphatic carbocycles. The van der Waals surface area contributed by atoms with E-state index in [1.807, 2.05) is 30.3 Å². The molecule has 5 nitrogen and oxygen atoms in total. The maximum Gasteiger partial charge on any atom is 0.306 e. The zero-order chi connectivity index (χ0) is 15.3. The van der Waals surface area contributed by atoms with Crippen molar-refractivity contribution < 1.29 is 22.1 Å². The number of rotatable bonds is 6. The first-order chi connectivity index (χ1) is 9.96. The van der Waals surface area contributed by atoms with E-state index in [0.717, 1.165) is 11.8 Å². The smallest absolute Gasteiger partial charge is 0.306 e. The second-order valence-corrected chi connectivity index (χ2v) is 5.99. The Morgan fingerprint density at radius 1 is 1.05 bits per heavy atom. The maximum absolute atomic E-state index is 11.1. The van der Waals surface area contributed by atoms with Crippen molar-refractivity contribution >= 4 is 16.4 Å². The third-order valence-electron chi connectivity index (χ3n) is 2.53. The fraction of sp³-hybridized carbons (Fsp3) is 0.133. The molecule has 2 rings (SSSR count). The van der Waals surface area contributed by atoms with E-state index in [0.29, 0.717) is 18.6 Å². The summed E-state index contributed by atoms with van der Waals surface area (Å²) in [5.74, 6) is 0.410. The number of ether oxygens (including phenoxy) is 1. The average molecular weight is 306 g/mol. The van der Waals surface area contributed by atoms with Crippen molar-refractivity contribution in [1.29, 1.82) is 0 Å². The van der Waals surface area contributed by atoms with Gasteiger partial charge in [0.2, 0.25) is 0 Å². The molecule has 110 valence electrons. The normalized spacial score (nSPS) is 10.9. The maximum atomic E-state index is 11.1. The monoisotopic (exact) mass is 306 g/mol. The highest BCUT2D eigenvalue weighted by molar-refractivity contribution is 7.86. The number of hydrogen-bond acceptors (Lipinski definition) is 5. The van der Waals surface area contributed by atoms with E-state index in [-0.39, 0.29) is 11.3 Å². The molecule has 0 spiro atoms. The van der Waals surface area contributed by atoms with Crippen LogP contribution in [0, 0.1) is 0 Å². The van der Waals surface area contributed by atoms with Gasteiger partial charge < -0.3 is 8.92 Å². The van der Waals surface area contributed by atoms with Gasteiger partial charge in [-0.3, -0.25) is 4.79 Å². The molecule has 0 fully saturated rings. The van der Waals surface area contributed by atoms with E-state index in [9.17, 15) is 13.2 Å². The minimum absolute atomic E-state index is 0.0464. The van der Waals surface area contributed by atoms with Crippen LogP contribution in [0.25, 0.3) is 0 Å². The summed E-state index contributed by atoms with van der Waals surface area (Å²) in [6, 6.07) is 13.8. The Kier molecular flexibility index (Phi) is 4.59. The van der Waals surface area contributed by atoms with Crippen LogP contribution in [-0.2, 0) is 16.7 Å². The molecule has 0 unspecified atom stereocenters. The number of carbonyl (C=O) groups excluding carboxylic acids is 1. The lowest BCUT2D eigenvalue weighted by atomic mass is 10.2. The van der Waals surface area contributed by atoms with Crippen LogP contribution >= 0.6 is 0 Å². The fourth-order valence-electron chi connectivity index (χ4n) is 1.71. The lowest BCUT2D eigenvalue weighted by molar-refractivity contribution is 0.112. The van der Waals surface area contributed by atoms with Gasteiger partial charge in [-0.15, -0.1) is 0 Å². The molecule has 0 saturated carbocycles. The van der Waals surface area contributed by atoms with E-state index < -0.39 is 10.1 Å². The molecule has 0 radical (unpaired) electrons. The van der Waals surface area contributed by atoms with Crippen LogP contribution < -0.4 is 8.92 Å². The van der Waals surface area contributed by atoms with Crippen molar-refractivity contribution in [2.45, 2.75) is 6.61 Å². The van der Waals surface area contributed by atoms with Crippen LogP contribution in [0.4, 0.5) is 0 Å². The van der Waals surface area contributed by atoms with E-state index in [1.54, 1.807) is 0 Å². The lowest BCUT2D eigenvalue weighted by Crippen LogP contribution is -2.06. The van der Waals surface area contributed by atoms with Gasteiger partial charge in [0, 0.05) is 11.6 Å². The van der Waals surface area contributed by atoms with Crippen LogP contribution in [-0.4, -0.2) is 21.0 Å². The summed E-state index contributed by atoms with van der Waals surface area (Å²) in [6.45, 7) is 0.307. The Bertz CT molecular complexity index is 723. The van der Waals surface area contributed by atoms with Gasteiger partial charge in [0.25, 0.3) is 0 Å². The first-order valence-electron chi connectivity index (χ1n) is 6.13. The molecule has 0 aliphatic heterocycles. The molecule has 0 bridgehead atoms. The Balaban J connectivity index is 2.18. The molecular formula is C15H14O5S. The minimum atomic E-state index is -3.66. The van der Waals surface area contributed by atoms with Gasteiger partial charge in [0.15, 0.2) is 0 Å². The zero-order valence-corrected chi connectivity index (χ0v) is 12.2. The van der Waals surface area contributed by atoms with Crippen LogP contribution in [0.15, 0.2) is 48.5 Å². The van der Waals surface area contributed by atoms with Crippen molar-refractivity contribution in [3.8, 4) is 11.5 Å². The highest BCUT2D eigenvalue weighted by Gasteiger charge is 2.08. The molecule has 0 N–H and O–H groups in total. The second-order valence-electron chi connectivity index (χ2n) is 4.42. The molecule has 0 amide bonds. The van der Waals surface area contributed by atoms with Crippen LogP contribution in [0.2, 0.25) is 0 Å². The third kappa shape index (κ3) is 4.92. The number of hydrogen-bond donors (Lipinski definition) is 0. The molecule has 0 heterocycles. The number of carbonyl (C=O) groups is 1. The zero-order valence-electron chi connectivity index (χ0n) is 11.4. The summed E-state index contributed by atoms with van der Waals surface area (Å²) < 4.78 is 32.6. The Morgan fingerprint density at radius 3 is 2.33 bits per heavy atom. The first-order valence-corrected chi connectivity index (χ1v) is 7.94. The quantitative estimate of drug-likeness (QED) is 0.605. The minimum Gasteiger partial charge on any atom is -0.489 e. The van der Waals surface area contributed by atoms with E-state index in [4.69, 9.17) is 8.92 Å². The van der Waals surface area contributed by atoms with Gasteiger partial charge in [-0.05, 0) is 17.7 Å². The van der Waals surface area contributed by atoms with E-state index in [1.165, 1.54) is 18.2 Å². The first kappa shape index (κ1) is 15.1. The molecule has 6 heteroatoms. The lowest BCUT2D eigenvalue weighted by Gasteiger charge is -2.09. The molecule has 21 heavy (non-hydrogen) atoms. The van der Waals surface area contributed by atoms with Gasteiger partial charge in [0.1, 0.15) is 24.4 Å². The van der Waals surface area contributed by atoms with Crippen molar-refractivity contribution in [2.24, 2.45) is 0 Å². The summed E-state index contributed by atoms with van der Waals surface area (Å²) >= 11 is 0. The Morgan fingerprint density at radius 2 is 1.71 bits per heavy atom. The largest absolute Gasteiger partial charge is 0.489 e. The summed E-state index contributed by atoms with van der Waals surface area (Å²) in [6.07, 6.45) is 1.54. The van der Waals surface area contributed by atoms with Crippen LogP contribution in [0.3, 0.4) is 0 Å². The standard InChI is InChI=1S/C15H14O5S/c1-21(17,18)20-15-8-13(10-16)7-14(9-15)19-11-12-5-3-2-4-6-12/h2-10H,11H2,1H3. The van der Waals surface area contributed by atoms with Gasteiger partial charge in [-0.1, -0.05) is 30.3 Å². The van der Waals surface area contributed by atoms with Gasteiger partial charge in [0.05, 0.1) is 6.26 Å². The van der Waals surface area contributed by atoms with Crippen LogP contribution in [0.1, 0.15) is 15.9 Å². The molecule has 0 atom stereocenters. The Labute approximate surface area is 123 Å². The van der Waals surface area contributed by atoms with Crippen molar-refractivity contribution in [1.82, 2.24) is 0 Å². The predicted molar refractivity (Wildman–Crippen MR) is 78.1 cm³/mol. The molecular weight excluding hydrogens is 292 g/mol. The summed E-state index contributed by atoms with van der Waals surface area (Å²) in [4.78, 5) is 10.9. The highest BCUT2D eigenvalue weighted by atomic mass is 32.2. The molecule has 0 aliphatic rings. The molecule has 2 aromatic rings. The fourth-order valence-corrected chi connectivity index (χ4v) is 2.15. The third-order valence-corrected chi connectivity index (χ3v) is 3.03. The Hall–Kier alpha value is -2.34. The van der Waals surface area contributed by atoms with Gasteiger partial charge in [-0.25, -0.2) is 0 Å². The number of aldehydes is 1. The molecule has 0 aromatic heterocycles. The average Bonchev–Trinajstić information content (AvgIpc) is 2.44. The second kappa shape index (κ2) is 6.41. The van der Waals surface area contributed by atoms with Crippen LogP contribution in [0.5, 0.6) is 11.5 Å². The predicted octanol–water partition coefficient (Wildman–Crippen LogP) is 2.42. The van der Waals surface area contributed by atoms with Crippen molar-refractivity contribution in [3.63, 3.8) is 0 Å². The molecule has 2 aromatic carbocycles. The van der Waals surface area contributed by atoms with Gasteiger partial charge >= 0.3 is 10.1 Å². The van der Waals surface area contributed by atoms with E-state index >= 15 is 0 Å². The number of benzene rings is 2. The van der Waals surface area contributed by atoms with Crippen molar-refractivity contribution in [3.05, 3.63) is 59.7 Å².